The Hall–Kier alpha value is -0.590. The molecule has 1 unspecified atom stereocenters. The van der Waals surface area contributed by atoms with E-state index >= 15 is 0 Å². The van der Waals surface area contributed by atoms with Gasteiger partial charge in [-0.15, -0.1) is 0 Å². The van der Waals surface area contributed by atoms with E-state index in [4.69, 9.17) is 5.26 Å². The van der Waals surface area contributed by atoms with Crippen LogP contribution < -0.4 is 0 Å². The molecule has 2 fully saturated rings. The molecule has 2 rings (SSSR count). The van der Waals surface area contributed by atoms with Gasteiger partial charge in [0, 0.05) is 12.6 Å². The molecule has 0 aromatic rings. The molecule has 2 aliphatic heterocycles. The minimum absolute atomic E-state index is 0.300. The topological polar surface area (TPSA) is 30.3 Å². The van der Waals surface area contributed by atoms with Crippen LogP contribution in [0.1, 0.15) is 26.2 Å². The second kappa shape index (κ2) is 4.96. The largest absolute Gasteiger partial charge is 0.303 e. The first kappa shape index (κ1) is 10.9. The molecule has 0 spiro atoms. The lowest BCUT2D eigenvalue weighted by Crippen LogP contribution is -2.43. The molecule has 2 aliphatic rings. The van der Waals surface area contributed by atoms with Gasteiger partial charge in [0.2, 0.25) is 0 Å². The highest BCUT2D eigenvalue weighted by Crippen LogP contribution is 2.23. The van der Waals surface area contributed by atoms with Crippen molar-refractivity contribution in [3.05, 3.63) is 0 Å². The van der Waals surface area contributed by atoms with Gasteiger partial charge in [-0.1, -0.05) is 6.92 Å². The standard InChI is InChI=1S/C12H21N3/c1-2-14-6-4-12(5-7-14)15-8-3-11(9-13)10-15/h11-12H,2-8,10H2,1H3. The zero-order valence-corrected chi connectivity index (χ0v) is 9.65. The van der Waals surface area contributed by atoms with E-state index in [-0.39, 0.29) is 0 Å². The van der Waals surface area contributed by atoms with Gasteiger partial charge in [0.1, 0.15) is 0 Å². The van der Waals surface area contributed by atoms with Crippen LogP contribution in [0.3, 0.4) is 0 Å². The number of rotatable bonds is 2. The summed E-state index contributed by atoms with van der Waals surface area (Å²) >= 11 is 0. The van der Waals surface area contributed by atoms with E-state index in [9.17, 15) is 0 Å². The second-order valence-electron chi connectivity index (χ2n) is 4.78. The molecule has 0 aliphatic carbocycles. The highest BCUT2D eigenvalue weighted by atomic mass is 15.2. The van der Waals surface area contributed by atoms with E-state index < -0.39 is 0 Å². The van der Waals surface area contributed by atoms with E-state index in [0.717, 1.165) is 25.6 Å². The molecule has 2 saturated heterocycles. The Bertz CT molecular complexity index is 238. The first-order valence-electron chi connectivity index (χ1n) is 6.19. The lowest BCUT2D eigenvalue weighted by atomic mass is 10.0. The Morgan fingerprint density at radius 3 is 2.47 bits per heavy atom. The lowest BCUT2D eigenvalue weighted by Gasteiger charge is -2.36. The van der Waals surface area contributed by atoms with E-state index in [1.807, 2.05) is 0 Å². The first-order valence-corrected chi connectivity index (χ1v) is 6.19. The summed E-state index contributed by atoms with van der Waals surface area (Å²) in [6.07, 6.45) is 3.68. The maximum absolute atomic E-state index is 8.88. The van der Waals surface area contributed by atoms with Gasteiger partial charge in [-0.05, 0) is 45.4 Å². The quantitative estimate of drug-likeness (QED) is 0.684. The molecular weight excluding hydrogens is 186 g/mol. The third-order valence-electron chi connectivity index (χ3n) is 3.92. The third-order valence-corrected chi connectivity index (χ3v) is 3.92. The maximum atomic E-state index is 8.88. The van der Waals surface area contributed by atoms with Crippen LogP contribution in [0.15, 0.2) is 0 Å². The number of nitriles is 1. The van der Waals surface area contributed by atoms with E-state index in [1.54, 1.807) is 0 Å². The van der Waals surface area contributed by atoms with E-state index in [0.29, 0.717) is 5.92 Å². The van der Waals surface area contributed by atoms with E-state index in [2.05, 4.69) is 22.8 Å². The lowest BCUT2D eigenvalue weighted by molar-refractivity contribution is 0.129. The number of piperidine rings is 1. The summed E-state index contributed by atoms with van der Waals surface area (Å²) in [6.45, 7) is 8.08. The third kappa shape index (κ3) is 2.50. The van der Waals surface area contributed by atoms with Crippen LogP contribution in [0, 0.1) is 17.2 Å². The zero-order valence-electron chi connectivity index (χ0n) is 9.65. The van der Waals surface area contributed by atoms with Crippen molar-refractivity contribution in [3.8, 4) is 6.07 Å². The van der Waals surface area contributed by atoms with Crippen LogP contribution in [0.2, 0.25) is 0 Å². The highest BCUT2D eigenvalue weighted by Gasteiger charge is 2.30. The monoisotopic (exact) mass is 207 g/mol. The Balaban J connectivity index is 1.79. The minimum Gasteiger partial charge on any atom is -0.303 e. The molecule has 0 amide bonds. The fourth-order valence-corrected chi connectivity index (χ4v) is 2.83. The molecule has 0 aromatic heterocycles. The van der Waals surface area contributed by atoms with Crippen LogP contribution in [0.25, 0.3) is 0 Å². The van der Waals surface area contributed by atoms with Gasteiger partial charge in [0.15, 0.2) is 0 Å². The van der Waals surface area contributed by atoms with Crippen molar-refractivity contribution in [2.24, 2.45) is 5.92 Å². The number of likely N-dealkylation sites (tertiary alicyclic amines) is 2. The Morgan fingerprint density at radius 1 is 1.20 bits per heavy atom. The van der Waals surface area contributed by atoms with Crippen molar-refractivity contribution in [2.75, 3.05) is 32.7 Å². The van der Waals surface area contributed by atoms with Gasteiger partial charge < -0.3 is 4.90 Å². The van der Waals surface area contributed by atoms with Crippen molar-refractivity contribution < 1.29 is 0 Å². The summed E-state index contributed by atoms with van der Waals surface area (Å²) in [4.78, 5) is 5.06. The number of hydrogen-bond donors (Lipinski definition) is 0. The minimum atomic E-state index is 0.300. The summed E-state index contributed by atoms with van der Waals surface area (Å²) in [5.41, 5.74) is 0. The summed E-state index contributed by atoms with van der Waals surface area (Å²) in [6, 6.07) is 3.16. The van der Waals surface area contributed by atoms with Gasteiger partial charge in [-0.2, -0.15) is 5.26 Å². The molecule has 0 radical (unpaired) electrons. The number of hydrogen-bond acceptors (Lipinski definition) is 3. The summed E-state index contributed by atoms with van der Waals surface area (Å²) < 4.78 is 0. The Labute approximate surface area is 92.7 Å². The Kier molecular flexibility index (Phi) is 3.61. The predicted octanol–water partition coefficient (Wildman–Crippen LogP) is 1.32. The number of nitrogens with zero attached hydrogens (tertiary/aromatic N) is 3. The summed E-state index contributed by atoms with van der Waals surface area (Å²) in [5, 5.41) is 8.88. The molecule has 1 atom stereocenters. The molecular formula is C12H21N3. The molecule has 0 saturated carbocycles. The van der Waals surface area contributed by atoms with Gasteiger partial charge in [-0.25, -0.2) is 0 Å². The van der Waals surface area contributed by atoms with Gasteiger partial charge in [0.25, 0.3) is 0 Å². The fraction of sp³-hybridized carbons (Fsp3) is 0.917. The van der Waals surface area contributed by atoms with Crippen molar-refractivity contribution in [2.45, 2.75) is 32.2 Å². The van der Waals surface area contributed by atoms with Crippen molar-refractivity contribution in [1.29, 1.82) is 5.26 Å². The molecule has 0 N–H and O–H groups in total. The molecule has 84 valence electrons. The van der Waals surface area contributed by atoms with Crippen molar-refractivity contribution in [3.63, 3.8) is 0 Å². The normalized spacial score (nSPS) is 30.5. The fourth-order valence-electron chi connectivity index (χ4n) is 2.83. The highest BCUT2D eigenvalue weighted by molar-refractivity contribution is 4.93. The Morgan fingerprint density at radius 2 is 1.93 bits per heavy atom. The molecule has 2 heterocycles. The summed E-state index contributed by atoms with van der Waals surface area (Å²) in [5.74, 6) is 0.300. The molecule has 3 nitrogen and oxygen atoms in total. The van der Waals surface area contributed by atoms with Crippen LogP contribution in [0.4, 0.5) is 0 Å². The molecule has 3 heteroatoms. The smallest absolute Gasteiger partial charge is 0.0669 e. The maximum Gasteiger partial charge on any atom is 0.0669 e. The van der Waals surface area contributed by atoms with Gasteiger partial charge >= 0.3 is 0 Å². The van der Waals surface area contributed by atoms with Gasteiger partial charge in [-0.3, -0.25) is 4.90 Å². The van der Waals surface area contributed by atoms with Crippen LogP contribution in [-0.2, 0) is 0 Å². The first-order chi connectivity index (χ1) is 7.33. The van der Waals surface area contributed by atoms with Crippen LogP contribution >= 0.6 is 0 Å². The van der Waals surface area contributed by atoms with Crippen molar-refractivity contribution in [1.82, 2.24) is 9.80 Å². The van der Waals surface area contributed by atoms with Crippen LogP contribution in [-0.4, -0.2) is 48.6 Å². The van der Waals surface area contributed by atoms with Crippen molar-refractivity contribution >= 4 is 0 Å². The SMILES string of the molecule is CCN1CCC(N2CCC(C#N)C2)CC1. The van der Waals surface area contributed by atoms with Crippen LogP contribution in [0.5, 0.6) is 0 Å². The molecule has 0 aromatic carbocycles. The average Bonchev–Trinajstić information content (AvgIpc) is 2.78. The predicted molar refractivity (Wildman–Crippen MR) is 60.4 cm³/mol. The molecule has 0 bridgehead atoms. The second-order valence-corrected chi connectivity index (χ2v) is 4.78. The van der Waals surface area contributed by atoms with Gasteiger partial charge in [0.05, 0.1) is 12.0 Å². The summed E-state index contributed by atoms with van der Waals surface area (Å²) in [7, 11) is 0. The average molecular weight is 207 g/mol. The molecule has 15 heavy (non-hydrogen) atoms. The zero-order chi connectivity index (χ0) is 10.7. The van der Waals surface area contributed by atoms with E-state index in [1.165, 1.54) is 32.5 Å².